The largest absolute Gasteiger partial charge is 0.495 e. The van der Waals surface area contributed by atoms with Crippen LogP contribution in [0.25, 0.3) is 0 Å². The van der Waals surface area contributed by atoms with Gasteiger partial charge in [-0.25, -0.2) is 0 Å². The molecular weight excluding hydrogens is 326 g/mol. The van der Waals surface area contributed by atoms with Crippen molar-refractivity contribution in [2.24, 2.45) is 0 Å². The maximum Gasteiger partial charge on any atom is 0.313 e. The van der Waals surface area contributed by atoms with Crippen molar-refractivity contribution in [2.75, 3.05) is 12.4 Å². The highest BCUT2D eigenvalue weighted by Crippen LogP contribution is 2.28. The summed E-state index contributed by atoms with van der Waals surface area (Å²) in [6.45, 7) is 2.14. The SMILES string of the molecule is COc1ccc([N+](=O)[O-])cc1NC(=O)C(=O)NCc1ccc(C)cc1. The first-order valence-electron chi connectivity index (χ1n) is 7.38. The third-order valence-electron chi connectivity index (χ3n) is 3.42. The van der Waals surface area contributed by atoms with Gasteiger partial charge in [-0.05, 0) is 18.6 Å². The normalized spacial score (nSPS) is 10.0. The monoisotopic (exact) mass is 343 g/mol. The van der Waals surface area contributed by atoms with Crippen LogP contribution in [0, 0.1) is 17.0 Å². The Morgan fingerprint density at radius 2 is 1.80 bits per heavy atom. The minimum Gasteiger partial charge on any atom is -0.495 e. The number of rotatable bonds is 5. The van der Waals surface area contributed by atoms with Crippen LogP contribution in [0.5, 0.6) is 5.75 Å². The minimum atomic E-state index is -0.939. The number of hydrogen-bond donors (Lipinski definition) is 2. The molecule has 2 rings (SSSR count). The van der Waals surface area contributed by atoms with Gasteiger partial charge in [-0.3, -0.25) is 19.7 Å². The van der Waals surface area contributed by atoms with Crippen molar-refractivity contribution in [1.29, 1.82) is 0 Å². The van der Waals surface area contributed by atoms with E-state index in [9.17, 15) is 19.7 Å². The van der Waals surface area contributed by atoms with E-state index in [-0.39, 0.29) is 23.7 Å². The number of carbonyl (C=O) groups is 2. The smallest absolute Gasteiger partial charge is 0.313 e. The molecule has 8 nitrogen and oxygen atoms in total. The summed E-state index contributed by atoms with van der Waals surface area (Å²) in [5.74, 6) is -1.58. The summed E-state index contributed by atoms with van der Waals surface area (Å²) in [6, 6.07) is 11.2. The second kappa shape index (κ2) is 7.91. The number of methoxy groups -OCH3 is 1. The van der Waals surface area contributed by atoms with Crippen LogP contribution in [0.3, 0.4) is 0 Å². The molecule has 0 unspecified atom stereocenters. The summed E-state index contributed by atoms with van der Waals surface area (Å²) in [5.41, 5.74) is 1.76. The van der Waals surface area contributed by atoms with E-state index >= 15 is 0 Å². The molecule has 2 aromatic carbocycles. The molecule has 0 aromatic heterocycles. The van der Waals surface area contributed by atoms with E-state index < -0.39 is 16.7 Å². The Labute approximate surface area is 144 Å². The van der Waals surface area contributed by atoms with Crippen molar-refractivity contribution < 1.29 is 19.2 Å². The lowest BCUT2D eigenvalue weighted by atomic mass is 10.1. The van der Waals surface area contributed by atoms with Gasteiger partial charge in [0.1, 0.15) is 5.75 Å². The van der Waals surface area contributed by atoms with Crippen molar-refractivity contribution in [1.82, 2.24) is 5.32 Å². The standard InChI is InChI=1S/C17H17N3O5/c1-11-3-5-12(6-4-11)10-18-16(21)17(22)19-14-9-13(20(23)24)7-8-15(14)25-2/h3-9H,10H2,1-2H3,(H,18,21)(H,19,22). The first-order chi connectivity index (χ1) is 11.9. The lowest BCUT2D eigenvalue weighted by Crippen LogP contribution is -2.35. The number of benzene rings is 2. The van der Waals surface area contributed by atoms with Crippen molar-refractivity contribution in [3.05, 3.63) is 63.7 Å². The van der Waals surface area contributed by atoms with Crippen molar-refractivity contribution in [3.8, 4) is 5.75 Å². The first-order valence-corrected chi connectivity index (χ1v) is 7.38. The Bertz CT molecular complexity index is 802. The number of nitrogens with zero attached hydrogens (tertiary/aromatic N) is 1. The molecule has 0 heterocycles. The number of amides is 2. The van der Waals surface area contributed by atoms with Crippen LogP contribution in [-0.2, 0) is 16.1 Å². The fourth-order valence-corrected chi connectivity index (χ4v) is 2.05. The molecule has 0 bridgehead atoms. The third-order valence-corrected chi connectivity index (χ3v) is 3.42. The molecule has 0 aliphatic heterocycles. The molecule has 0 aliphatic rings. The Morgan fingerprint density at radius 1 is 1.12 bits per heavy atom. The van der Waals surface area contributed by atoms with Gasteiger partial charge in [0.25, 0.3) is 5.69 Å². The molecule has 130 valence electrons. The van der Waals surface area contributed by atoms with Crippen LogP contribution in [0.15, 0.2) is 42.5 Å². The van der Waals surface area contributed by atoms with Crippen molar-refractivity contribution in [3.63, 3.8) is 0 Å². The average molecular weight is 343 g/mol. The molecular formula is C17H17N3O5. The van der Waals surface area contributed by atoms with E-state index in [0.717, 1.165) is 17.2 Å². The third kappa shape index (κ3) is 4.77. The van der Waals surface area contributed by atoms with Crippen LogP contribution >= 0.6 is 0 Å². The quantitative estimate of drug-likeness (QED) is 0.491. The van der Waals surface area contributed by atoms with Gasteiger partial charge in [0.05, 0.1) is 17.7 Å². The molecule has 0 radical (unpaired) electrons. The highest BCUT2D eigenvalue weighted by atomic mass is 16.6. The number of nitro benzene ring substituents is 1. The van der Waals surface area contributed by atoms with Gasteiger partial charge in [0, 0.05) is 18.7 Å². The van der Waals surface area contributed by atoms with Gasteiger partial charge in [-0.15, -0.1) is 0 Å². The fraction of sp³-hybridized carbons (Fsp3) is 0.176. The molecule has 25 heavy (non-hydrogen) atoms. The second-order valence-corrected chi connectivity index (χ2v) is 5.26. The maximum absolute atomic E-state index is 12.0. The molecule has 8 heteroatoms. The van der Waals surface area contributed by atoms with E-state index in [1.165, 1.54) is 19.2 Å². The van der Waals surface area contributed by atoms with Crippen LogP contribution < -0.4 is 15.4 Å². The van der Waals surface area contributed by atoms with Crippen LogP contribution in [-0.4, -0.2) is 23.8 Å². The highest BCUT2D eigenvalue weighted by molar-refractivity contribution is 6.39. The summed E-state index contributed by atoms with van der Waals surface area (Å²) in [6.07, 6.45) is 0. The van der Waals surface area contributed by atoms with Crippen molar-refractivity contribution in [2.45, 2.75) is 13.5 Å². The predicted molar refractivity (Wildman–Crippen MR) is 91.3 cm³/mol. The molecule has 2 aromatic rings. The van der Waals surface area contributed by atoms with E-state index in [4.69, 9.17) is 4.74 Å². The van der Waals surface area contributed by atoms with E-state index in [1.807, 2.05) is 31.2 Å². The fourth-order valence-electron chi connectivity index (χ4n) is 2.05. The first kappa shape index (κ1) is 17.9. The molecule has 0 fully saturated rings. The lowest BCUT2D eigenvalue weighted by molar-refractivity contribution is -0.384. The number of anilines is 1. The number of nitrogens with one attached hydrogen (secondary N) is 2. The lowest BCUT2D eigenvalue weighted by Gasteiger charge is -2.10. The van der Waals surface area contributed by atoms with Crippen molar-refractivity contribution >= 4 is 23.2 Å². The van der Waals surface area contributed by atoms with Crippen LogP contribution in [0.1, 0.15) is 11.1 Å². The number of nitro groups is 1. The zero-order chi connectivity index (χ0) is 18.4. The molecule has 2 N–H and O–H groups in total. The van der Waals surface area contributed by atoms with Gasteiger partial charge in [0.15, 0.2) is 0 Å². The predicted octanol–water partition coefficient (Wildman–Crippen LogP) is 2.17. The number of non-ortho nitro benzene ring substituents is 1. The maximum atomic E-state index is 12.0. The van der Waals surface area contributed by atoms with Gasteiger partial charge < -0.3 is 15.4 Å². The number of carbonyl (C=O) groups excluding carboxylic acids is 2. The summed E-state index contributed by atoms with van der Waals surface area (Å²) >= 11 is 0. The Hall–Kier alpha value is -3.42. The van der Waals surface area contributed by atoms with Gasteiger partial charge in [-0.1, -0.05) is 29.8 Å². The van der Waals surface area contributed by atoms with Gasteiger partial charge in [0.2, 0.25) is 0 Å². The second-order valence-electron chi connectivity index (χ2n) is 5.26. The Kier molecular flexibility index (Phi) is 5.67. The topological polar surface area (TPSA) is 111 Å². The Balaban J connectivity index is 2.03. The van der Waals surface area contributed by atoms with E-state index in [1.54, 1.807) is 0 Å². The van der Waals surface area contributed by atoms with Crippen LogP contribution in [0.4, 0.5) is 11.4 Å². The summed E-state index contributed by atoms with van der Waals surface area (Å²) < 4.78 is 5.03. The average Bonchev–Trinajstić information content (AvgIpc) is 2.60. The molecule has 0 saturated heterocycles. The summed E-state index contributed by atoms with van der Waals surface area (Å²) in [7, 11) is 1.36. The van der Waals surface area contributed by atoms with E-state index in [2.05, 4.69) is 10.6 Å². The summed E-state index contributed by atoms with van der Waals surface area (Å²) in [5, 5.41) is 15.6. The molecule has 0 atom stereocenters. The summed E-state index contributed by atoms with van der Waals surface area (Å²) in [4.78, 5) is 34.1. The zero-order valence-electron chi connectivity index (χ0n) is 13.7. The minimum absolute atomic E-state index is 0.0483. The highest BCUT2D eigenvalue weighted by Gasteiger charge is 2.18. The number of aryl methyl sites for hydroxylation is 1. The van der Waals surface area contributed by atoms with E-state index in [0.29, 0.717) is 0 Å². The van der Waals surface area contributed by atoms with Gasteiger partial charge >= 0.3 is 11.8 Å². The molecule has 0 saturated carbocycles. The molecule has 2 amide bonds. The number of hydrogen-bond acceptors (Lipinski definition) is 5. The van der Waals surface area contributed by atoms with Gasteiger partial charge in [-0.2, -0.15) is 0 Å². The zero-order valence-corrected chi connectivity index (χ0v) is 13.7. The Morgan fingerprint density at radius 3 is 2.40 bits per heavy atom. The number of ether oxygens (including phenoxy) is 1. The van der Waals surface area contributed by atoms with Crippen LogP contribution in [0.2, 0.25) is 0 Å². The molecule has 0 aliphatic carbocycles. The molecule has 0 spiro atoms.